The number of piperazine rings is 1. The molecule has 1 heterocycles. The zero-order valence-corrected chi connectivity index (χ0v) is 23.4. The van der Waals surface area contributed by atoms with Gasteiger partial charge in [0.05, 0.1) is 18.4 Å². The Hall–Kier alpha value is -0.500. The van der Waals surface area contributed by atoms with Crippen LogP contribution in [0.4, 0.5) is 0 Å². The molecule has 0 unspecified atom stereocenters. The molecule has 200 valence electrons. The maximum absolute atomic E-state index is 13.6. The minimum atomic E-state index is -3.15. The van der Waals surface area contributed by atoms with E-state index in [1.165, 1.54) is 36.2 Å². The van der Waals surface area contributed by atoms with Gasteiger partial charge in [-0.1, -0.05) is 20.8 Å². The standard InChI is InChI=1S/C28H48N2O4S/c1-19-16-24-21-9-11-27(3)22(20(21)8-10-26(24,2)18-28(19,4)32)6-7-23(27)25(31)17-29-12-14-30(15-13-29)35(5,33)34/h19-24,32H,6-18H2,1-5H3/t19-,20-,21+,22+,23-,24-,26+,27+,28+/m1/s1. The largest absolute Gasteiger partial charge is 0.390 e. The van der Waals surface area contributed by atoms with Gasteiger partial charge >= 0.3 is 0 Å². The van der Waals surface area contributed by atoms with Crippen molar-refractivity contribution in [1.82, 2.24) is 9.21 Å². The number of sulfonamides is 1. The average molecular weight is 509 g/mol. The molecule has 6 nitrogen and oxygen atoms in total. The van der Waals surface area contributed by atoms with Gasteiger partial charge in [0.15, 0.2) is 0 Å². The summed E-state index contributed by atoms with van der Waals surface area (Å²) >= 11 is 0. The van der Waals surface area contributed by atoms with Crippen molar-refractivity contribution >= 4 is 15.8 Å². The van der Waals surface area contributed by atoms with E-state index in [9.17, 15) is 18.3 Å². The molecule has 9 atom stereocenters. The summed E-state index contributed by atoms with van der Waals surface area (Å²) in [5, 5.41) is 11.0. The normalized spacial score (nSPS) is 49.2. The summed E-state index contributed by atoms with van der Waals surface area (Å²) in [7, 11) is -3.15. The van der Waals surface area contributed by atoms with Gasteiger partial charge in [-0.25, -0.2) is 8.42 Å². The quantitative estimate of drug-likeness (QED) is 0.625. The second-order valence-corrected chi connectivity index (χ2v) is 16.0. The fourth-order valence-corrected chi connectivity index (χ4v) is 10.6. The van der Waals surface area contributed by atoms with Crippen molar-refractivity contribution in [3.63, 3.8) is 0 Å². The van der Waals surface area contributed by atoms with E-state index in [2.05, 4.69) is 32.6 Å². The first-order valence-electron chi connectivity index (χ1n) is 14.2. The van der Waals surface area contributed by atoms with Crippen LogP contribution in [0.5, 0.6) is 0 Å². The molecule has 0 aromatic carbocycles. The smallest absolute Gasteiger partial charge is 0.211 e. The van der Waals surface area contributed by atoms with Gasteiger partial charge in [0.2, 0.25) is 10.0 Å². The van der Waals surface area contributed by atoms with E-state index >= 15 is 0 Å². The van der Waals surface area contributed by atoms with Crippen molar-refractivity contribution in [2.24, 2.45) is 46.3 Å². The molecule has 0 radical (unpaired) electrons. The van der Waals surface area contributed by atoms with E-state index in [1.54, 1.807) is 0 Å². The summed E-state index contributed by atoms with van der Waals surface area (Å²) in [6.45, 7) is 11.9. The predicted molar refractivity (Wildman–Crippen MR) is 138 cm³/mol. The summed E-state index contributed by atoms with van der Waals surface area (Å²) < 4.78 is 25.2. The number of aliphatic hydroxyl groups is 1. The van der Waals surface area contributed by atoms with E-state index < -0.39 is 15.6 Å². The number of fused-ring (bicyclic) bond motifs is 5. The fraction of sp³-hybridized carbons (Fsp3) is 0.964. The Labute approximate surface area is 213 Å². The Morgan fingerprint density at radius 2 is 1.57 bits per heavy atom. The molecule has 0 aromatic heterocycles. The van der Waals surface area contributed by atoms with Gasteiger partial charge in [-0.15, -0.1) is 0 Å². The first-order chi connectivity index (χ1) is 16.2. The highest BCUT2D eigenvalue weighted by Gasteiger charge is 2.61. The summed E-state index contributed by atoms with van der Waals surface area (Å²) in [5.41, 5.74) is -0.169. The molecular weight excluding hydrogens is 460 g/mol. The monoisotopic (exact) mass is 508 g/mol. The molecule has 5 aliphatic rings. The number of ketones is 1. The lowest BCUT2D eigenvalue weighted by molar-refractivity contribution is -0.161. The van der Waals surface area contributed by atoms with Crippen LogP contribution in [0.15, 0.2) is 0 Å². The Morgan fingerprint density at radius 1 is 0.943 bits per heavy atom. The van der Waals surface area contributed by atoms with Gasteiger partial charge in [-0.2, -0.15) is 4.31 Å². The molecule has 5 fully saturated rings. The Kier molecular flexibility index (Phi) is 6.55. The van der Waals surface area contributed by atoms with Crippen LogP contribution < -0.4 is 0 Å². The van der Waals surface area contributed by atoms with Crippen LogP contribution in [0.2, 0.25) is 0 Å². The SMILES string of the molecule is C[C@@H]1C[C@@H]2[C@H]3CC[C@]4(C)[C@@H](C(=O)CN5CCN(S(C)(=O)=O)CC5)CC[C@H]4[C@@H]3CC[C@@]2(C)C[C@]1(C)O. The van der Waals surface area contributed by atoms with Crippen molar-refractivity contribution in [2.75, 3.05) is 39.0 Å². The minimum absolute atomic E-state index is 0.117. The number of rotatable bonds is 4. The molecule has 1 saturated heterocycles. The average Bonchev–Trinajstić information content (AvgIpc) is 3.11. The molecule has 4 aliphatic carbocycles. The van der Waals surface area contributed by atoms with Crippen LogP contribution in [0.25, 0.3) is 0 Å². The van der Waals surface area contributed by atoms with Crippen LogP contribution in [0.1, 0.15) is 79.1 Å². The lowest BCUT2D eigenvalue weighted by atomic mass is 9.44. The molecule has 1 aliphatic heterocycles. The van der Waals surface area contributed by atoms with Crippen molar-refractivity contribution in [2.45, 2.75) is 84.7 Å². The molecule has 0 aromatic rings. The maximum Gasteiger partial charge on any atom is 0.211 e. The van der Waals surface area contributed by atoms with Gasteiger partial charge in [0.1, 0.15) is 5.78 Å². The molecule has 0 bridgehead atoms. The second-order valence-electron chi connectivity index (χ2n) is 14.0. The first kappa shape index (κ1) is 26.1. The maximum atomic E-state index is 13.6. The molecule has 35 heavy (non-hydrogen) atoms. The Morgan fingerprint density at radius 3 is 2.23 bits per heavy atom. The van der Waals surface area contributed by atoms with Gasteiger partial charge in [0.25, 0.3) is 0 Å². The van der Waals surface area contributed by atoms with E-state index in [0.717, 1.165) is 37.5 Å². The van der Waals surface area contributed by atoms with Gasteiger partial charge in [-0.05, 0) is 98.7 Å². The zero-order chi connectivity index (χ0) is 25.4. The second kappa shape index (κ2) is 8.78. The molecule has 0 spiro atoms. The highest BCUT2D eigenvalue weighted by atomic mass is 32.2. The third-order valence-electron chi connectivity index (χ3n) is 12.0. The lowest BCUT2D eigenvalue weighted by Gasteiger charge is -2.62. The zero-order valence-electron chi connectivity index (χ0n) is 22.6. The van der Waals surface area contributed by atoms with Crippen LogP contribution in [0.3, 0.4) is 0 Å². The highest BCUT2D eigenvalue weighted by molar-refractivity contribution is 7.88. The third-order valence-corrected chi connectivity index (χ3v) is 13.3. The number of carbonyl (C=O) groups is 1. The van der Waals surface area contributed by atoms with Crippen LogP contribution in [0, 0.1) is 46.3 Å². The summed E-state index contributed by atoms with van der Waals surface area (Å²) in [6, 6.07) is 0. The predicted octanol–water partition coefficient (Wildman–Crippen LogP) is 3.79. The summed E-state index contributed by atoms with van der Waals surface area (Å²) in [5.74, 6) is 3.75. The first-order valence-corrected chi connectivity index (χ1v) is 16.0. The molecule has 4 saturated carbocycles. The third kappa shape index (κ3) is 4.44. The Bertz CT molecular complexity index is 943. The lowest BCUT2D eigenvalue weighted by Crippen LogP contribution is -2.57. The summed E-state index contributed by atoms with van der Waals surface area (Å²) in [6.07, 6.45) is 10.5. The highest BCUT2D eigenvalue weighted by Crippen LogP contribution is 2.67. The van der Waals surface area contributed by atoms with E-state index in [1.807, 2.05) is 0 Å². The van der Waals surface area contributed by atoms with E-state index in [0.29, 0.717) is 56.3 Å². The van der Waals surface area contributed by atoms with E-state index in [-0.39, 0.29) is 16.7 Å². The van der Waals surface area contributed by atoms with Crippen molar-refractivity contribution < 1.29 is 18.3 Å². The van der Waals surface area contributed by atoms with Crippen LogP contribution in [-0.2, 0) is 14.8 Å². The van der Waals surface area contributed by atoms with Crippen molar-refractivity contribution in [1.29, 1.82) is 0 Å². The molecular formula is C28H48N2O4S. The van der Waals surface area contributed by atoms with Gasteiger partial charge in [-0.3, -0.25) is 9.69 Å². The van der Waals surface area contributed by atoms with E-state index in [4.69, 9.17) is 0 Å². The van der Waals surface area contributed by atoms with Crippen molar-refractivity contribution in [3.8, 4) is 0 Å². The molecule has 1 N–H and O–H groups in total. The molecule has 5 rings (SSSR count). The topological polar surface area (TPSA) is 77.9 Å². The number of Topliss-reactive ketones (excluding diaryl/α,β-unsaturated/α-hetero) is 1. The molecule has 7 heteroatoms. The van der Waals surface area contributed by atoms with Crippen LogP contribution >= 0.6 is 0 Å². The minimum Gasteiger partial charge on any atom is -0.390 e. The number of carbonyl (C=O) groups excluding carboxylic acids is 1. The fourth-order valence-electron chi connectivity index (χ4n) is 9.81. The number of hydrogen-bond donors (Lipinski definition) is 1. The van der Waals surface area contributed by atoms with Gasteiger partial charge in [0, 0.05) is 32.1 Å². The van der Waals surface area contributed by atoms with Gasteiger partial charge < -0.3 is 5.11 Å². The Balaban J connectivity index is 1.25. The summed E-state index contributed by atoms with van der Waals surface area (Å²) in [4.78, 5) is 15.8. The molecule has 0 amide bonds. The number of hydrogen-bond acceptors (Lipinski definition) is 5. The van der Waals surface area contributed by atoms with Crippen LogP contribution in [-0.4, -0.2) is 73.1 Å². The van der Waals surface area contributed by atoms with Crippen molar-refractivity contribution in [3.05, 3.63) is 0 Å². The number of nitrogens with zero attached hydrogens (tertiary/aromatic N) is 2.